The number of benzene rings is 1. The minimum absolute atomic E-state index is 0.201. The van der Waals surface area contributed by atoms with Gasteiger partial charge in [-0.3, -0.25) is 19.6 Å². The van der Waals surface area contributed by atoms with E-state index < -0.39 is 5.60 Å². The Morgan fingerprint density at radius 2 is 1.79 bits per heavy atom. The summed E-state index contributed by atoms with van der Waals surface area (Å²) in [5, 5.41) is 11.1. The molecule has 1 aromatic heterocycles. The number of fused-ring (bicyclic) bond motifs is 1. The molecule has 0 spiro atoms. The number of ether oxygens (including phenoxy) is 1. The number of alkyl carbamates (subject to hydrolysis) is 1. The van der Waals surface area contributed by atoms with E-state index in [-0.39, 0.29) is 23.8 Å². The highest BCUT2D eigenvalue weighted by atomic mass is 16.6. The van der Waals surface area contributed by atoms with Crippen LogP contribution in [0.15, 0.2) is 18.2 Å². The first-order chi connectivity index (χ1) is 18.6. The zero-order valence-electron chi connectivity index (χ0n) is 23.8. The third-order valence-electron chi connectivity index (χ3n) is 8.74. The molecule has 3 heterocycles. The zero-order valence-corrected chi connectivity index (χ0v) is 23.8. The van der Waals surface area contributed by atoms with Crippen molar-refractivity contribution >= 4 is 28.8 Å². The maximum Gasteiger partial charge on any atom is 0.407 e. The van der Waals surface area contributed by atoms with Gasteiger partial charge in [0.25, 0.3) is 0 Å². The van der Waals surface area contributed by atoms with Gasteiger partial charge in [-0.1, -0.05) is 12.1 Å². The van der Waals surface area contributed by atoms with Crippen LogP contribution in [0.5, 0.6) is 0 Å². The average Bonchev–Trinajstić information content (AvgIpc) is 3.22. The second kappa shape index (κ2) is 11.3. The Morgan fingerprint density at radius 3 is 2.46 bits per heavy atom. The Balaban J connectivity index is 1.13. The van der Waals surface area contributed by atoms with Crippen LogP contribution >= 0.6 is 0 Å². The van der Waals surface area contributed by atoms with Crippen LogP contribution < -0.4 is 10.6 Å². The third kappa shape index (κ3) is 6.45. The predicted molar refractivity (Wildman–Crippen MR) is 149 cm³/mol. The molecule has 1 atom stereocenters. The van der Waals surface area contributed by atoms with Crippen molar-refractivity contribution in [3.8, 4) is 0 Å². The van der Waals surface area contributed by atoms with Gasteiger partial charge in [-0.25, -0.2) is 4.79 Å². The molecule has 3 fully saturated rings. The minimum atomic E-state index is -0.462. The molecule has 5 rings (SSSR count). The average molecular weight is 538 g/mol. The van der Waals surface area contributed by atoms with Crippen LogP contribution in [0.2, 0.25) is 0 Å². The Kier molecular flexibility index (Phi) is 7.99. The van der Waals surface area contributed by atoms with E-state index >= 15 is 0 Å². The van der Waals surface area contributed by atoms with Crippen LogP contribution in [0.25, 0.3) is 10.9 Å². The molecule has 1 unspecified atom stereocenters. The molecule has 212 valence electrons. The molecular formula is C30H43N5O4. The van der Waals surface area contributed by atoms with E-state index in [4.69, 9.17) is 9.84 Å². The lowest BCUT2D eigenvalue weighted by molar-refractivity contribution is -0.134. The number of aryl methyl sites for hydroxylation is 1. The van der Waals surface area contributed by atoms with E-state index in [1.54, 1.807) is 0 Å². The SMILES string of the molecule is Cn1nc(C2CCC(=O)NC2=O)c2ccc(C3CCN(C4CCC(CNC(=O)OC(C)(C)C)CC4)CC3)cc21. The Bertz CT molecular complexity index is 1220. The smallest absolute Gasteiger partial charge is 0.407 e. The molecule has 3 aliphatic rings. The van der Waals surface area contributed by atoms with Gasteiger partial charge in [-0.05, 0) is 102 Å². The van der Waals surface area contributed by atoms with Crippen LogP contribution in [-0.4, -0.2) is 63.9 Å². The second-order valence-electron chi connectivity index (χ2n) is 12.7. The fourth-order valence-electron chi connectivity index (χ4n) is 6.62. The first kappa shape index (κ1) is 27.6. The van der Waals surface area contributed by atoms with Crippen LogP contribution in [0.1, 0.15) is 95.2 Å². The van der Waals surface area contributed by atoms with Crippen molar-refractivity contribution < 1.29 is 19.1 Å². The number of hydrogen-bond donors (Lipinski definition) is 2. The van der Waals surface area contributed by atoms with E-state index in [2.05, 4.69) is 33.7 Å². The molecule has 0 bridgehead atoms. The lowest BCUT2D eigenvalue weighted by atomic mass is 9.83. The number of rotatable bonds is 5. The maximum atomic E-state index is 12.4. The molecular weight excluding hydrogens is 494 g/mol. The van der Waals surface area contributed by atoms with Crippen LogP contribution in [-0.2, 0) is 21.4 Å². The lowest BCUT2D eigenvalue weighted by Crippen LogP contribution is -2.44. The second-order valence-corrected chi connectivity index (χ2v) is 12.7. The van der Waals surface area contributed by atoms with Crippen molar-refractivity contribution in [1.82, 2.24) is 25.3 Å². The summed E-state index contributed by atoms with van der Waals surface area (Å²) >= 11 is 0. The van der Waals surface area contributed by atoms with Crippen molar-refractivity contribution in [3.63, 3.8) is 0 Å². The number of carbonyl (C=O) groups is 3. The number of likely N-dealkylation sites (tertiary alicyclic amines) is 1. The Hall–Kier alpha value is -2.94. The fraction of sp³-hybridized carbons (Fsp3) is 0.667. The molecule has 2 N–H and O–H groups in total. The predicted octanol–water partition coefficient (Wildman–Crippen LogP) is 4.36. The topological polar surface area (TPSA) is 106 Å². The Morgan fingerprint density at radius 1 is 1.08 bits per heavy atom. The highest BCUT2D eigenvalue weighted by molar-refractivity contribution is 6.02. The summed E-state index contributed by atoms with van der Waals surface area (Å²) in [5.41, 5.74) is 2.71. The quantitative estimate of drug-likeness (QED) is 0.549. The summed E-state index contributed by atoms with van der Waals surface area (Å²) in [7, 11) is 1.93. The maximum absolute atomic E-state index is 12.4. The number of piperidine rings is 2. The van der Waals surface area contributed by atoms with E-state index in [1.807, 2.05) is 32.5 Å². The van der Waals surface area contributed by atoms with E-state index in [9.17, 15) is 14.4 Å². The van der Waals surface area contributed by atoms with E-state index in [0.717, 1.165) is 55.4 Å². The van der Waals surface area contributed by atoms with Crippen molar-refractivity contribution in [2.24, 2.45) is 13.0 Å². The van der Waals surface area contributed by atoms with E-state index in [0.29, 0.717) is 37.3 Å². The van der Waals surface area contributed by atoms with Crippen LogP contribution in [0.3, 0.4) is 0 Å². The van der Waals surface area contributed by atoms with Gasteiger partial charge in [0.2, 0.25) is 11.8 Å². The van der Waals surface area contributed by atoms with Gasteiger partial charge in [0.05, 0.1) is 17.1 Å². The zero-order chi connectivity index (χ0) is 27.7. The fourth-order valence-corrected chi connectivity index (χ4v) is 6.62. The highest BCUT2D eigenvalue weighted by Crippen LogP contribution is 2.36. The highest BCUT2D eigenvalue weighted by Gasteiger charge is 2.33. The molecule has 3 amide bonds. The van der Waals surface area contributed by atoms with Crippen LogP contribution in [0.4, 0.5) is 4.79 Å². The standard InChI is InChI=1S/C30H43N5O4/c1-30(2,3)39-29(38)31-18-19-5-8-22(9-6-19)35-15-13-20(14-16-35)21-7-10-23-25(17-21)34(4)33-27(23)24-11-12-26(36)32-28(24)37/h7,10,17,19-20,22,24H,5-6,8-9,11-16,18H2,1-4H3,(H,31,38)(H,32,36,37). The van der Waals surface area contributed by atoms with Crippen molar-refractivity contribution in [1.29, 1.82) is 0 Å². The summed E-state index contributed by atoms with van der Waals surface area (Å²) in [6, 6.07) is 7.22. The van der Waals surface area contributed by atoms with Gasteiger partial charge >= 0.3 is 6.09 Å². The molecule has 39 heavy (non-hydrogen) atoms. The van der Waals surface area contributed by atoms with Crippen molar-refractivity contribution in [3.05, 3.63) is 29.5 Å². The molecule has 2 aromatic rings. The van der Waals surface area contributed by atoms with Gasteiger partial charge in [0, 0.05) is 31.4 Å². The number of nitrogens with zero attached hydrogens (tertiary/aromatic N) is 3. The molecule has 1 aromatic carbocycles. The number of aromatic nitrogens is 2. The summed E-state index contributed by atoms with van der Waals surface area (Å²) in [5.74, 6) is 0.240. The van der Waals surface area contributed by atoms with Gasteiger partial charge in [-0.15, -0.1) is 0 Å². The van der Waals surface area contributed by atoms with Gasteiger partial charge in [0.15, 0.2) is 0 Å². The summed E-state index contributed by atoms with van der Waals surface area (Å²) < 4.78 is 7.25. The van der Waals surface area contributed by atoms with Crippen molar-refractivity contribution in [2.45, 2.75) is 95.6 Å². The third-order valence-corrected chi connectivity index (χ3v) is 8.74. The van der Waals surface area contributed by atoms with Gasteiger partial charge < -0.3 is 15.0 Å². The minimum Gasteiger partial charge on any atom is -0.444 e. The van der Waals surface area contributed by atoms with Crippen LogP contribution in [0, 0.1) is 5.92 Å². The summed E-state index contributed by atoms with van der Waals surface area (Å²) in [6.07, 6.45) is 7.51. The molecule has 2 aliphatic heterocycles. The van der Waals surface area contributed by atoms with Crippen molar-refractivity contribution in [2.75, 3.05) is 19.6 Å². The number of amides is 3. The van der Waals surface area contributed by atoms with E-state index in [1.165, 1.54) is 18.4 Å². The normalized spacial score (nSPS) is 25.5. The number of nitrogens with one attached hydrogen (secondary N) is 2. The molecule has 0 radical (unpaired) electrons. The summed E-state index contributed by atoms with van der Waals surface area (Å²) in [4.78, 5) is 38.7. The molecule has 9 nitrogen and oxygen atoms in total. The largest absolute Gasteiger partial charge is 0.444 e. The van der Waals surface area contributed by atoms with Gasteiger partial charge in [-0.2, -0.15) is 5.10 Å². The lowest BCUT2D eigenvalue weighted by Gasteiger charge is -2.41. The summed E-state index contributed by atoms with van der Waals surface area (Å²) in [6.45, 7) is 8.59. The Labute approximate surface area is 231 Å². The molecule has 1 saturated carbocycles. The van der Waals surface area contributed by atoms with Gasteiger partial charge in [0.1, 0.15) is 5.60 Å². The molecule has 2 saturated heterocycles. The monoisotopic (exact) mass is 537 g/mol. The number of imide groups is 1. The number of carbonyl (C=O) groups excluding carboxylic acids is 3. The first-order valence-corrected chi connectivity index (χ1v) is 14.6. The molecule has 9 heteroatoms. The number of hydrogen-bond acceptors (Lipinski definition) is 6. The molecule has 1 aliphatic carbocycles. The first-order valence-electron chi connectivity index (χ1n) is 14.6.